The molecule has 0 bridgehead atoms. The summed E-state index contributed by atoms with van der Waals surface area (Å²) in [4.78, 5) is 2.15. The highest BCUT2D eigenvalue weighted by Crippen LogP contribution is 2.17. The van der Waals surface area contributed by atoms with Crippen molar-refractivity contribution < 1.29 is 9.15 Å². The van der Waals surface area contributed by atoms with E-state index in [0.717, 1.165) is 25.5 Å². The molecular weight excluding hydrogens is 192 g/mol. The number of likely N-dealkylation sites (N-methyl/N-ethyl adjacent to an activating group) is 1. The van der Waals surface area contributed by atoms with Gasteiger partial charge in [-0.2, -0.15) is 0 Å². The summed E-state index contributed by atoms with van der Waals surface area (Å²) in [5.41, 5.74) is 5.73. The van der Waals surface area contributed by atoms with Crippen molar-refractivity contribution in [1.29, 1.82) is 0 Å². The normalized spacial score (nSPS) is 13.3. The summed E-state index contributed by atoms with van der Waals surface area (Å²) in [6.45, 7) is 4.88. The second-order valence-corrected chi connectivity index (χ2v) is 3.44. The minimum atomic E-state index is 0.139. The van der Waals surface area contributed by atoms with Gasteiger partial charge >= 0.3 is 0 Å². The molecule has 2 N–H and O–H groups in total. The first-order valence-corrected chi connectivity index (χ1v) is 5.31. The van der Waals surface area contributed by atoms with E-state index >= 15 is 0 Å². The van der Waals surface area contributed by atoms with Crippen molar-refractivity contribution in [3.05, 3.63) is 24.2 Å². The molecule has 0 saturated carbocycles. The highest BCUT2D eigenvalue weighted by molar-refractivity contribution is 5.04. The van der Waals surface area contributed by atoms with E-state index in [2.05, 4.69) is 4.90 Å². The Hall–Kier alpha value is -0.840. The lowest BCUT2D eigenvalue weighted by molar-refractivity contribution is 0.104. The van der Waals surface area contributed by atoms with Crippen molar-refractivity contribution in [2.45, 2.75) is 13.0 Å². The standard InChI is InChI=1S/C11H20N2O2/c1-3-14-8-6-13(2)10(9-12)11-5-4-7-15-11/h4-5,7,10H,3,6,8-9,12H2,1-2H3. The van der Waals surface area contributed by atoms with Crippen molar-refractivity contribution in [3.8, 4) is 0 Å². The molecule has 1 heterocycles. The summed E-state index contributed by atoms with van der Waals surface area (Å²) >= 11 is 0. The number of hydrogen-bond acceptors (Lipinski definition) is 4. The van der Waals surface area contributed by atoms with Crippen molar-refractivity contribution >= 4 is 0 Å². The Kier molecular flexibility index (Phi) is 5.39. The van der Waals surface area contributed by atoms with E-state index in [4.69, 9.17) is 14.9 Å². The summed E-state index contributed by atoms with van der Waals surface area (Å²) in [7, 11) is 2.03. The second kappa shape index (κ2) is 6.61. The van der Waals surface area contributed by atoms with Gasteiger partial charge in [0.2, 0.25) is 0 Å². The average molecular weight is 212 g/mol. The van der Waals surface area contributed by atoms with Crippen molar-refractivity contribution in [3.63, 3.8) is 0 Å². The van der Waals surface area contributed by atoms with Crippen LogP contribution in [0.1, 0.15) is 18.7 Å². The topological polar surface area (TPSA) is 51.6 Å². The van der Waals surface area contributed by atoms with Gasteiger partial charge in [-0.25, -0.2) is 0 Å². The fourth-order valence-corrected chi connectivity index (χ4v) is 1.50. The van der Waals surface area contributed by atoms with E-state index < -0.39 is 0 Å². The zero-order chi connectivity index (χ0) is 11.1. The Labute approximate surface area is 91.0 Å². The summed E-state index contributed by atoms with van der Waals surface area (Å²) in [6.07, 6.45) is 1.67. The molecule has 0 amide bonds. The van der Waals surface area contributed by atoms with E-state index in [1.165, 1.54) is 0 Å². The molecule has 86 valence electrons. The van der Waals surface area contributed by atoms with Crippen molar-refractivity contribution in [1.82, 2.24) is 4.90 Å². The zero-order valence-electron chi connectivity index (χ0n) is 9.48. The van der Waals surface area contributed by atoms with E-state index in [1.54, 1.807) is 6.26 Å². The third-order valence-electron chi connectivity index (χ3n) is 2.42. The fraction of sp³-hybridized carbons (Fsp3) is 0.636. The van der Waals surface area contributed by atoms with Crippen molar-refractivity contribution in [2.75, 3.05) is 33.4 Å². The Morgan fingerprint density at radius 1 is 1.60 bits per heavy atom. The van der Waals surface area contributed by atoms with Gasteiger partial charge in [-0.05, 0) is 26.1 Å². The molecule has 1 aromatic heterocycles. The fourth-order valence-electron chi connectivity index (χ4n) is 1.50. The zero-order valence-corrected chi connectivity index (χ0v) is 9.48. The van der Waals surface area contributed by atoms with E-state index in [9.17, 15) is 0 Å². The van der Waals surface area contributed by atoms with Gasteiger partial charge in [-0.1, -0.05) is 0 Å². The van der Waals surface area contributed by atoms with Gasteiger partial charge in [-0.3, -0.25) is 4.90 Å². The molecule has 0 fully saturated rings. The van der Waals surface area contributed by atoms with Gasteiger partial charge in [0.05, 0.1) is 18.9 Å². The lowest BCUT2D eigenvalue weighted by Crippen LogP contribution is -2.32. The lowest BCUT2D eigenvalue weighted by Gasteiger charge is -2.24. The number of hydrogen-bond donors (Lipinski definition) is 1. The first-order chi connectivity index (χ1) is 7.29. The highest BCUT2D eigenvalue weighted by atomic mass is 16.5. The molecule has 0 saturated heterocycles. The number of rotatable bonds is 7. The first-order valence-electron chi connectivity index (χ1n) is 5.31. The third-order valence-corrected chi connectivity index (χ3v) is 2.42. The van der Waals surface area contributed by atoms with Crippen LogP contribution in [-0.4, -0.2) is 38.3 Å². The van der Waals surface area contributed by atoms with Crippen LogP contribution < -0.4 is 5.73 Å². The summed E-state index contributed by atoms with van der Waals surface area (Å²) in [5.74, 6) is 0.913. The quantitative estimate of drug-likeness (QED) is 0.691. The van der Waals surface area contributed by atoms with Gasteiger partial charge in [0.1, 0.15) is 5.76 Å². The number of nitrogens with zero attached hydrogens (tertiary/aromatic N) is 1. The maximum atomic E-state index is 5.73. The molecule has 0 aliphatic heterocycles. The van der Waals surface area contributed by atoms with Gasteiger partial charge in [-0.15, -0.1) is 0 Å². The molecule has 4 nitrogen and oxygen atoms in total. The molecule has 0 spiro atoms. The minimum absolute atomic E-state index is 0.139. The molecule has 15 heavy (non-hydrogen) atoms. The monoisotopic (exact) mass is 212 g/mol. The summed E-state index contributed by atoms with van der Waals surface area (Å²) in [5, 5.41) is 0. The second-order valence-electron chi connectivity index (χ2n) is 3.44. The van der Waals surface area contributed by atoms with Crippen LogP contribution in [0.5, 0.6) is 0 Å². The third kappa shape index (κ3) is 3.66. The van der Waals surface area contributed by atoms with Crippen LogP contribution in [-0.2, 0) is 4.74 Å². The SMILES string of the molecule is CCOCCN(C)C(CN)c1ccco1. The number of nitrogens with two attached hydrogens (primary N) is 1. The van der Waals surface area contributed by atoms with Crippen LogP contribution in [0.15, 0.2) is 22.8 Å². The van der Waals surface area contributed by atoms with E-state index in [1.807, 2.05) is 26.1 Å². The van der Waals surface area contributed by atoms with Crippen LogP contribution in [0, 0.1) is 0 Å². The molecular formula is C11H20N2O2. The van der Waals surface area contributed by atoms with Crippen LogP contribution in [0.2, 0.25) is 0 Å². The molecule has 1 unspecified atom stereocenters. The molecule has 4 heteroatoms. The van der Waals surface area contributed by atoms with Gasteiger partial charge in [0, 0.05) is 19.7 Å². The highest BCUT2D eigenvalue weighted by Gasteiger charge is 2.17. The average Bonchev–Trinajstić information content (AvgIpc) is 2.73. The lowest BCUT2D eigenvalue weighted by atomic mass is 10.2. The van der Waals surface area contributed by atoms with Crippen LogP contribution in [0.3, 0.4) is 0 Å². The van der Waals surface area contributed by atoms with Gasteiger partial charge in [0.15, 0.2) is 0 Å². The molecule has 0 aliphatic rings. The number of ether oxygens (including phenoxy) is 1. The van der Waals surface area contributed by atoms with Crippen molar-refractivity contribution in [2.24, 2.45) is 5.73 Å². The van der Waals surface area contributed by atoms with Crippen LogP contribution >= 0.6 is 0 Å². The Morgan fingerprint density at radius 2 is 2.40 bits per heavy atom. The Morgan fingerprint density at radius 3 is 2.93 bits per heavy atom. The van der Waals surface area contributed by atoms with Gasteiger partial charge in [0.25, 0.3) is 0 Å². The largest absolute Gasteiger partial charge is 0.468 e. The molecule has 1 atom stereocenters. The molecule has 0 aliphatic carbocycles. The first kappa shape index (κ1) is 12.2. The molecule has 0 radical (unpaired) electrons. The van der Waals surface area contributed by atoms with Gasteiger partial charge < -0.3 is 14.9 Å². The van der Waals surface area contributed by atoms with E-state index in [-0.39, 0.29) is 6.04 Å². The maximum Gasteiger partial charge on any atom is 0.122 e. The van der Waals surface area contributed by atoms with E-state index in [0.29, 0.717) is 6.54 Å². The predicted molar refractivity (Wildman–Crippen MR) is 59.6 cm³/mol. The number of furan rings is 1. The summed E-state index contributed by atoms with van der Waals surface area (Å²) in [6, 6.07) is 3.98. The molecule has 1 aromatic rings. The maximum absolute atomic E-state index is 5.73. The van der Waals surface area contributed by atoms with Crippen LogP contribution in [0.25, 0.3) is 0 Å². The molecule has 0 aromatic carbocycles. The minimum Gasteiger partial charge on any atom is -0.468 e. The Bertz CT molecular complexity index is 249. The predicted octanol–water partition coefficient (Wildman–Crippen LogP) is 1.25. The van der Waals surface area contributed by atoms with Crippen LogP contribution in [0.4, 0.5) is 0 Å². The Balaban J connectivity index is 2.44. The molecule has 1 rings (SSSR count). The summed E-state index contributed by atoms with van der Waals surface area (Å²) < 4.78 is 10.7. The smallest absolute Gasteiger partial charge is 0.122 e.